The number of hydrogen-bond acceptors (Lipinski definition) is 2. The summed E-state index contributed by atoms with van der Waals surface area (Å²) in [6.07, 6.45) is 2.64. The van der Waals surface area contributed by atoms with Gasteiger partial charge in [-0.05, 0) is 33.1 Å². The first-order valence-corrected chi connectivity index (χ1v) is 5.58. The monoisotopic (exact) mass is 228 g/mol. The van der Waals surface area contributed by atoms with Crippen LogP contribution >= 0.6 is 0 Å². The third kappa shape index (κ3) is 4.08. The van der Waals surface area contributed by atoms with E-state index in [0.29, 0.717) is 12.5 Å². The van der Waals surface area contributed by atoms with Gasteiger partial charge in [-0.1, -0.05) is 0 Å². The van der Waals surface area contributed by atoms with Crippen molar-refractivity contribution in [1.29, 1.82) is 0 Å². The number of rotatable bonds is 5. The largest absolute Gasteiger partial charge is 0.481 e. The first kappa shape index (κ1) is 12.8. The molecule has 0 unspecified atom stereocenters. The van der Waals surface area contributed by atoms with Crippen molar-refractivity contribution in [2.45, 2.75) is 51.1 Å². The number of amides is 2. The lowest BCUT2D eigenvalue weighted by Gasteiger charge is -2.29. The number of aliphatic carboxylic acids is 1. The Morgan fingerprint density at radius 3 is 2.44 bits per heavy atom. The number of carbonyl (C=O) groups excluding carboxylic acids is 1. The van der Waals surface area contributed by atoms with E-state index in [1.165, 1.54) is 0 Å². The van der Waals surface area contributed by atoms with Gasteiger partial charge < -0.3 is 15.3 Å². The summed E-state index contributed by atoms with van der Waals surface area (Å²) in [6.45, 7) is 3.68. The predicted octanol–water partition coefficient (Wildman–Crippen LogP) is 1.43. The molecule has 16 heavy (non-hydrogen) atoms. The Bertz CT molecular complexity index is 285. The summed E-state index contributed by atoms with van der Waals surface area (Å²) in [5.74, 6) is -0.835. The molecule has 5 nitrogen and oxygen atoms in total. The molecule has 1 aliphatic rings. The molecule has 1 rings (SSSR count). The predicted molar refractivity (Wildman–Crippen MR) is 60.3 cm³/mol. The summed E-state index contributed by atoms with van der Waals surface area (Å²) < 4.78 is 0. The van der Waals surface area contributed by atoms with Crippen molar-refractivity contribution in [2.75, 3.05) is 7.05 Å². The van der Waals surface area contributed by atoms with Crippen molar-refractivity contribution < 1.29 is 14.7 Å². The summed E-state index contributed by atoms with van der Waals surface area (Å²) in [7, 11) is 1.78. The van der Waals surface area contributed by atoms with E-state index in [9.17, 15) is 9.59 Å². The van der Waals surface area contributed by atoms with Crippen LogP contribution < -0.4 is 5.32 Å². The van der Waals surface area contributed by atoms with Crippen LogP contribution in [-0.4, -0.2) is 40.6 Å². The topological polar surface area (TPSA) is 69.6 Å². The molecule has 0 radical (unpaired) electrons. The summed E-state index contributed by atoms with van der Waals surface area (Å²) in [6, 6.07) is 0.258. The Hall–Kier alpha value is -1.26. The van der Waals surface area contributed by atoms with E-state index < -0.39 is 11.5 Å². The van der Waals surface area contributed by atoms with E-state index in [1.54, 1.807) is 11.9 Å². The van der Waals surface area contributed by atoms with Gasteiger partial charge in [-0.3, -0.25) is 4.79 Å². The number of carbonyl (C=O) groups is 2. The zero-order valence-corrected chi connectivity index (χ0v) is 10.1. The van der Waals surface area contributed by atoms with E-state index in [4.69, 9.17) is 5.11 Å². The molecule has 2 amide bonds. The van der Waals surface area contributed by atoms with Crippen molar-refractivity contribution >= 4 is 12.0 Å². The molecular weight excluding hydrogens is 208 g/mol. The molecule has 0 bridgehead atoms. The quantitative estimate of drug-likeness (QED) is 0.748. The minimum absolute atomic E-state index is 0.0699. The molecule has 0 aromatic heterocycles. The average molecular weight is 228 g/mol. The number of hydrogen-bond donors (Lipinski definition) is 2. The minimum Gasteiger partial charge on any atom is -0.481 e. The van der Waals surface area contributed by atoms with E-state index in [0.717, 1.165) is 12.8 Å². The molecule has 1 saturated carbocycles. The lowest BCUT2D eigenvalue weighted by Crippen LogP contribution is -2.49. The molecule has 2 N–H and O–H groups in total. The van der Waals surface area contributed by atoms with E-state index in [2.05, 4.69) is 5.32 Å². The first-order valence-electron chi connectivity index (χ1n) is 5.58. The normalized spacial score (nSPS) is 15.7. The van der Waals surface area contributed by atoms with Gasteiger partial charge >= 0.3 is 12.0 Å². The zero-order valence-electron chi connectivity index (χ0n) is 10.1. The summed E-state index contributed by atoms with van der Waals surface area (Å²) >= 11 is 0. The Morgan fingerprint density at radius 2 is 2.00 bits per heavy atom. The SMILES string of the molecule is CN(C(=O)NC(C)(C)CCC(=O)O)C1CC1. The van der Waals surface area contributed by atoms with Gasteiger partial charge in [0.25, 0.3) is 0 Å². The molecule has 0 heterocycles. The molecule has 92 valence electrons. The fourth-order valence-corrected chi connectivity index (χ4v) is 1.49. The number of carboxylic acids is 1. The van der Waals surface area contributed by atoms with Crippen LogP contribution in [-0.2, 0) is 4.79 Å². The summed E-state index contributed by atoms with van der Waals surface area (Å²) in [5, 5.41) is 11.5. The second kappa shape index (κ2) is 4.72. The third-order valence-corrected chi connectivity index (χ3v) is 2.82. The van der Waals surface area contributed by atoms with E-state index in [1.807, 2.05) is 13.8 Å². The number of urea groups is 1. The van der Waals surface area contributed by atoms with Gasteiger partial charge in [-0.15, -0.1) is 0 Å². The fourth-order valence-electron chi connectivity index (χ4n) is 1.49. The molecule has 5 heteroatoms. The van der Waals surface area contributed by atoms with E-state index in [-0.39, 0.29) is 12.5 Å². The second-order valence-corrected chi connectivity index (χ2v) is 5.05. The van der Waals surface area contributed by atoms with Gasteiger partial charge in [-0.25, -0.2) is 4.79 Å². The smallest absolute Gasteiger partial charge is 0.317 e. The number of nitrogens with zero attached hydrogens (tertiary/aromatic N) is 1. The Balaban J connectivity index is 2.37. The van der Waals surface area contributed by atoms with Crippen LogP contribution in [0.15, 0.2) is 0 Å². The number of carboxylic acid groups (broad SMARTS) is 1. The van der Waals surface area contributed by atoms with Gasteiger partial charge in [0.05, 0.1) is 0 Å². The van der Waals surface area contributed by atoms with Gasteiger partial charge in [0.1, 0.15) is 0 Å². The van der Waals surface area contributed by atoms with Crippen LogP contribution in [0.4, 0.5) is 4.79 Å². The lowest BCUT2D eigenvalue weighted by molar-refractivity contribution is -0.137. The van der Waals surface area contributed by atoms with Crippen LogP contribution in [0.5, 0.6) is 0 Å². The van der Waals surface area contributed by atoms with Crippen LogP contribution in [0.25, 0.3) is 0 Å². The maximum Gasteiger partial charge on any atom is 0.317 e. The summed E-state index contributed by atoms with van der Waals surface area (Å²) in [4.78, 5) is 23.9. The molecule has 0 saturated heterocycles. The zero-order chi connectivity index (χ0) is 12.3. The van der Waals surface area contributed by atoms with Crippen LogP contribution in [0.2, 0.25) is 0 Å². The Kier molecular flexibility index (Phi) is 3.78. The Labute approximate surface area is 95.8 Å². The van der Waals surface area contributed by atoms with Gasteiger partial charge in [0, 0.05) is 25.0 Å². The molecule has 0 aromatic carbocycles. The minimum atomic E-state index is -0.835. The lowest BCUT2D eigenvalue weighted by atomic mass is 9.99. The van der Waals surface area contributed by atoms with Gasteiger partial charge in [-0.2, -0.15) is 0 Å². The molecule has 0 atom stereocenters. The van der Waals surface area contributed by atoms with Gasteiger partial charge in [0.2, 0.25) is 0 Å². The molecule has 0 aromatic rings. The van der Waals surface area contributed by atoms with Crippen LogP contribution in [0.1, 0.15) is 39.5 Å². The highest BCUT2D eigenvalue weighted by molar-refractivity contribution is 5.75. The molecule has 1 aliphatic carbocycles. The third-order valence-electron chi connectivity index (χ3n) is 2.82. The highest BCUT2D eigenvalue weighted by Gasteiger charge is 2.32. The van der Waals surface area contributed by atoms with Crippen molar-refractivity contribution in [3.05, 3.63) is 0 Å². The van der Waals surface area contributed by atoms with Crippen molar-refractivity contribution in [3.63, 3.8) is 0 Å². The van der Waals surface area contributed by atoms with Crippen LogP contribution in [0, 0.1) is 0 Å². The number of nitrogens with one attached hydrogen (secondary N) is 1. The fraction of sp³-hybridized carbons (Fsp3) is 0.818. The average Bonchev–Trinajstić information content (AvgIpc) is 2.96. The molecule has 0 aliphatic heterocycles. The highest BCUT2D eigenvalue weighted by Crippen LogP contribution is 2.25. The Morgan fingerprint density at radius 1 is 1.44 bits per heavy atom. The van der Waals surface area contributed by atoms with Gasteiger partial charge in [0.15, 0.2) is 0 Å². The second-order valence-electron chi connectivity index (χ2n) is 5.05. The first-order chi connectivity index (χ1) is 7.32. The van der Waals surface area contributed by atoms with Crippen molar-refractivity contribution in [3.8, 4) is 0 Å². The van der Waals surface area contributed by atoms with E-state index >= 15 is 0 Å². The highest BCUT2D eigenvalue weighted by atomic mass is 16.4. The van der Waals surface area contributed by atoms with Crippen molar-refractivity contribution in [2.24, 2.45) is 0 Å². The maximum atomic E-state index is 11.8. The standard InChI is InChI=1S/C11H20N2O3/c1-11(2,7-6-9(14)15)12-10(16)13(3)8-4-5-8/h8H,4-7H2,1-3H3,(H,12,16)(H,14,15). The maximum absolute atomic E-state index is 11.8. The molecule has 1 fully saturated rings. The summed E-state index contributed by atoms with van der Waals surface area (Å²) in [5.41, 5.74) is -0.474. The van der Waals surface area contributed by atoms with Crippen LogP contribution in [0.3, 0.4) is 0 Å². The molecule has 0 spiro atoms. The van der Waals surface area contributed by atoms with Crippen molar-refractivity contribution in [1.82, 2.24) is 10.2 Å². The molecular formula is C11H20N2O3.